The molecule has 2 saturated heterocycles. The molecule has 0 aromatic rings. The molecule has 106 valence electrons. The molecule has 2 fully saturated rings. The lowest BCUT2D eigenvalue weighted by Crippen LogP contribution is -2.54. The lowest BCUT2D eigenvalue weighted by molar-refractivity contribution is 0.0474. The van der Waals surface area contributed by atoms with Crippen LogP contribution in [0, 0.1) is 5.41 Å². The number of nitrogens with zero attached hydrogens (tertiary/aromatic N) is 2. The van der Waals surface area contributed by atoms with Crippen molar-refractivity contribution in [1.82, 2.24) is 9.80 Å². The van der Waals surface area contributed by atoms with Crippen LogP contribution in [0.4, 0.5) is 0 Å². The van der Waals surface area contributed by atoms with Gasteiger partial charge in [0, 0.05) is 25.7 Å². The molecule has 0 amide bonds. The van der Waals surface area contributed by atoms with E-state index in [1.165, 1.54) is 64.8 Å². The van der Waals surface area contributed by atoms with Gasteiger partial charge in [-0.25, -0.2) is 0 Å². The van der Waals surface area contributed by atoms with Crippen LogP contribution in [0.2, 0.25) is 0 Å². The summed E-state index contributed by atoms with van der Waals surface area (Å²) in [6, 6.07) is 0.856. The Labute approximate surface area is 113 Å². The first-order valence-corrected chi connectivity index (χ1v) is 7.77. The van der Waals surface area contributed by atoms with Gasteiger partial charge in [-0.3, -0.25) is 4.90 Å². The van der Waals surface area contributed by atoms with Crippen molar-refractivity contribution >= 4 is 0 Å². The molecule has 0 saturated carbocycles. The van der Waals surface area contributed by atoms with Crippen LogP contribution in [0.5, 0.6) is 0 Å². The molecular weight excluding hydrogens is 222 g/mol. The maximum Gasteiger partial charge on any atom is 0.0223 e. The Kier molecular flexibility index (Phi) is 5.05. The van der Waals surface area contributed by atoms with Crippen LogP contribution in [0.1, 0.15) is 46.0 Å². The maximum atomic E-state index is 5.79. The number of hydrogen-bond donors (Lipinski definition) is 1. The Morgan fingerprint density at radius 3 is 2.78 bits per heavy atom. The fourth-order valence-electron chi connectivity index (χ4n) is 3.31. The third-order valence-electron chi connectivity index (χ3n) is 4.80. The number of rotatable bonds is 5. The van der Waals surface area contributed by atoms with E-state index in [0.29, 0.717) is 5.41 Å². The normalized spacial score (nSPS) is 27.2. The van der Waals surface area contributed by atoms with Crippen LogP contribution in [0.3, 0.4) is 0 Å². The van der Waals surface area contributed by atoms with Gasteiger partial charge in [-0.1, -0.05) is 20.3 Å². The summed E-state index contributed by atoms with van der Waals surface area (Å²) in [4.78, 5) is 5.39. The van der Waals surface area contributed by atoms with Crippen molar-refractivity contribution in [3.63, 3.8) is 0 Å². The van der Waals surface area contributed by atoms with E-state index in [1.54, 1.807) is 0 Å². The van der Waals surface area contributed by atoms with E-state index in [-0.39, 0.29) is 0 Å². The van der Waals surface area contributed by atoms with Gasteiger partial charge in [-0.15, -0.1) is 0 Å². The van der Waals surface area contributed by atoms with Crippen LogP contribution in [-0.2, 0) is 0 Å². The molecule has 0 spiro atoms. The minimum absolute atomic E-state index is 0.326. The molecule has 2 rings (SSSR count). The third-order valence-corrected chi connectivity index (χ3v) is 4.80. The van der Waals surface area contributed by atoms with Gasteiger partial charge in [0.2, 0.25) is 0 Å². The topological polar surface area (TPSA) is 32.5 Å². The van der Waals surface area contributed by atoms with Crippen molar-refractivity contribution in [3.05, 3.63) is 0 Å². The second-order valence-corrected chi connectivity index (χ2v) is 6.96. The van der Waals surface area contributed by atoms with Crippen LogP contribution in [0.15, 0.2) is 0 Å². The van der Waals surface area contributed by atoms with Gasteiger partial charge in [-0.05, 0) is 50.7 Å². The molecule has 0 radical (unpaired) electrons. The molecule has 3 nitrogen and oxygen atoms in total. The summed E-state index contributed by atoms with van der Waals surface area (Å²) in [5, 5.41) is 0. The van der Waals surface area contributed by atoms with Crippen LogP contribution < -0.4 is 5.73 Å². The second-order valence-electron chi connectivity index (χ2n) is 6.96. The van der Waals surface area contributed by atoms with Crippen molar-refractivity contribution in [2.24, 2.45) is 11.1 Å². The molecule has 0 bridgehead atoms. The summed E-state index contributed by atoms with van der Waals surface area (Å²) in [6.07, 6.45) is 6.84. The second kappa shape index (κ2) is 6.36. The number of piperidine rings is 1. The van der Waals surface area contributed by atoms with Gasteiger partial charge >= 0.3 is 0 Å². The summed E-state index contributed by atoms with van der Waals surface area (Å²) >= 11 is 0. The average Bonchev–Trinajstić information content (AvgIpc) is 2.38. The van der Waals surface area contributed by atoms with Gasteiger partial charge in [0.1, 0.15) is 0 Å². The monoisotopic (exact) mass is 253 g/mol. The lowest BCUT2D eigenvalue weighted by atomic mass is 9.88. The average molecular weight is 253 g/mol. The van der Waals surface area contributed by atoms with E-state index < -0.39 is 0 Å². The van der Waals surface area contributed by atoms with Gasteiger partial charge < -0.3 is 10.6 Å². The first-order chi connectivity index (χ1) is 8.61. The number of fused-ring (bicyclic) bond motifs is 1. The minimum Gasteiger partial charge on any atom is -0.330 e. The van der Waals surface area contributed by atoms with E-state index in [9.17, 15) is 0 Å². The highest BCUT2D eigenvalue weighted by molar-refractivity contribution is 4.85. The number of piperazine rings is 1. The van der Waals surface area contributed by atoms with E-state index >= 15 is 0 Å². The van der Waals surface area contributed by atoms with Gasteiger partial charge in [-0.2, -0.15) is 0 Å². The largest absolute Gasteiger partial charge is 0.330 e. The summed E-state index contributed by atoms with van der Waals surface area (Å²) < 4.78 is 0. The summed E-state index contributed by atoms with van der Waals surface area (Å²) in [7, 11) is 0. The van der Waals surface area contributed by atoms with Crippen molar-refractivity contribution in [2.45, 2.75) is 52.0 Å². The fraction of sp³-hybridized carbons (Fsp3) is 1.00. The molecule has 1 unspecified atom stereocenters. The van der Waals surface area contributed by atoms with Crippen molar-refractivity contribution in [3.8, 4) is 0 Å². The minimum atomic E-state index is 0.326. The molecule has 1 atom stereocenters. The SMILES string of the molecule is CC(C)(CN)CCCN1CCN2CCCCC2C1. The van der Waals surface area contributed by atoms with E-state index in [0.717, 1.165) is 12.6 Å². The van der Waals surface area contributed by atoms with E-state index in [4.69, 9.17) is 5.73 Å². The van der Waals surface area contributed by atoms with Crippen LogP contribution in [0.25, 0.3) is 0 Å². The Morgan fingerprint density at radius 2 is 2.00 bits per heavy atom. The van der Waals surface area contributed by atoms with Crippen molar-refractivity contribution < 1.29 is 0 Å². The van der Waals surface area contributed by atoms with Gasteiger partial charge in [0.05, 0.1) is 0 Å². The Morgan fingerprint density at radius 1 is 1.17 bits per heavy atom. The molecule has 2 aliphatic heterocycles. The molecule has 0 aliphatic carbocycles. The summed E-state index contributed by atoms with van der Waals surface area (Å²) in [6.45, 7) is 11.9. The van der Waals surface area contributed by atoms with Crippen LogP contribution >= 0.6 is 0 Å². The smallest absolute Gasteiger partial charge is 0.0223 e. The highest BCUT2D eigenvalue weighted by atomic mass is 15.3. The van der Waals surface area contributed by atoms with Crippen LogP contribution in [-0.4, -0.2) is 55.1 Å². The highest BCUT2D eigenvalue weighted by Gasteiger charge is 2.28. The van der Waals surface area contributed by atoms with E-state index in [2.05, 4.69) is 23.6 Å². The van der Waals surface area contributed by atoms with Crippen molar-refractivity contribution in [1.29, 1.82) is 0 Å². The first kappa shape index (κ1) is 14.3. The highest BCUT2D eigenvalue weighted by Crippen LogP contribution is 2.23. The van der Waals surface area contributed by atoms with Crippen molar-refractivity contribution in [2.75, 3.05) is 39.3 Å². The van der Waals surface area contributed by atoms with E-state index in [1.807, 2.05) is 0 Å². The standard InChI is InChI=1S/C15H31N3/c1-15(2,13-16)7-5-8-17-10-11-18-9-4-3-6-14(18)12-17/h14H,3-13,16H2,1-2H3. The Bertz CT molecular complexity index is 252. The molecular formula is C15H31N3. The Balaban J connectivity index is 1.68. The molecule has 0 aromatic heterocycles. The maximum absolute atomic E-state index is 5.79. The van der Waals surface area contributed by atoms with Gasteiger partial charge in [0.15, 0.2) is 0 Å². The molecule has 2 N–H and O–H groups in total. The molecule has 18 heavy (non-hydrogen) atoms. The number of nitrogens with two attached hydrogens (primary N) is 1. The fourth-order valence-corrected chi connectivity index (χ4v) is 3.31. The zero-order valence-corrected chi connectivity index (χ0v) is 12.3. The first-order valence-electron chi connectivity index (χ1n) is 7.77. The molecule has 3 heteroatoms. The zero-order chi connectivity index (χ0) is 13.0. The van der Waals surface area contributed by atoms with Gasteiger partial charge in [0.25, 0.3) is 0 Å². The predicted octanol–water partition coefficient (Wildman–Crippen LogP) is 1.92. The summed E-state index contributed by atoms with van der Waals surface area (Å²) in [5.74, 6) is 0. The summed E-state index contributed by atoms with van der Waals surface area (Å²) in [5.41, 5.74) is 6.12. The Hall–Kier alpha value is -0.120. The predicted molar refractivity (Wildman–Crippen MR) is 77.7 cm³/mol. The molecule has 2 heterocycles. The molecule has 0 aromatic carbocycles. The lowest BCUT2D eigenvalue weighted by Gasteiger charge is -2.44. The number of hydrogen-bond acceptors (Lipinski definition) is 3. The third kappa shape index (κ3) is 3.94. The quantitative estimate of drug-likeness (QED) is 0.812. The molecule has 2 aliphatic rings. The zero-order valence-electron chi connectivity index (χ0n) is 12.3.